The van der Waals surface area contributed by atoms with E-state index in [4.69, 9.17) is 9.47 Å². The SMILES string of the molecule is CC(C)(C)CC(C)(C)N1C/C=C\CCC(=O)OC[C@H](c2ccccc2)NC(=O)[C@@H]2[C@H]3C(=O)N(CCCCCCO)[C@H](C1=O)[C@]31C=C[C@H]2O1. The average Bonchev–Trinajstić information content (AvgIpc) is 3.66. The number of hydrogen-bond donors (Lipinski definition) is 2. The van der Waals surface area contributed by atoms with Crippen LogP contribution in [0, 0.1) is 17.3 Å². The number of nitrogens with zero attached hydrogens (tertiary/aromatic N) is 2. The first-order chi connectivity index (χ1) is 22.8. The van der Waals surface area contributed by atoms with Gasteiger partial charge in [-0.05, 0) is 50.5 Å². The number of allylic oxidation sites excluding steroid dienone is 1. The minimum Gasteiger partial charge on any atom is -0.463 e. The van der Waals surface area contributed by atoms with Crippen molar-refractivity contribution in [1.82, 2.24) is 15.1 Å². The molecule has 4 heterocycles. The largest absolute Gasteiger partial charge is 0.463 e. The molecular weight excluding hydrogens is 610 g/mol. The summed E-state index contributed by atoms with van der Waals surface area (Å²) < 4.78 is 12.3. The minimum atomic E-state index is -1.28. The number of hydrogen-bond acceptors (Lipinski definition) is 7. The van der Waals surface area contributed by atoms with Crippen LogP contribution in [0.5, 0.6) is 0 Å². The summed E-state index contributed by atoms with van der Waals surface area (Å²) in [4.78, 5) is 60.2. The predicted molar refractivity (Wildman–Crippen MR) is 181 cm³/mol. The molecular formula is C38H53N3O7. The number of unbranched alkanes of at least 4 members (excludes halogenated alkanes) is 3. The Balaban J connectivity index is 1.56. The van der Waals surface area contributed by atoms with Crippen molar-refractivity contribution in [1.29, 1.82) is 0 Å². The Hall–Kier alpha value is -3.50. The summed E-state index contributed by atoms with van der Waals surface area (Å²) in [7, 11) is 0. The summed E-state index contributed by atoms with van der Waals surface area (Å²) in [6, 6.07) is 7.76. The van der Waals surface area contributed by atoms with Crippen molar-refractivity contribution in [3.8, 4) is 0 Å². The Morgan fingerprint density at radius 2 is 1.69 bits per heavy atom. The number of aliphatic hydroxyl groups is 1. The van der Waals surface area contributed by atoms with Crippen LogP contribution in [0.25, 0.3) is 0 Å². The van der Waals surface area contributed by atoms with E-state index in [1.54, 1.807) is 4.90 Å². The molecule has 4 aliphatic rings. The van der Waals surface area contributed by atoms with E-state index in [9.17, 15) is 19.5 Å². The van der Waals surface area contributed by atoms with Gasteiger partial charge in [-0.2, -0.15) is 0 Å². The van der Waals surface area contributed by atoms with Crippen LogP contribution in [0.2, 0.25) is 0 Å². The second-order valence-corrected chi connectivity index (χ2v) is 15.5. The van der Waals surface area contributed by atoms with E-state index in [1.807, 2.05) is 59.5 Å². The first-order valence-corrected chi connectivity index (χ1v) is 17.5. The number of amides is 3. The van der Waals surface area contributed by atoms with Crippen LogP contribution in [0.15, 0.2) is 54.6 Å². The second kappa shape index (κ2) is 14.5. The Labute approximate surface area is 284 Å². The second-order valence-electron chi connectivity index (χ2n) is 15.5. The van der Waals surface area contributed by atoms with Gasteiger partial charge in [-0.3, -0.25) is 19.2 Å². The molecule has 5 bridgehead atoms. The van der Waals surface area contributed by atoms with Crippen molar-refractivity contribution in [2.45, 2.75) is 109 Å². The molecule has 3 amide bonds. The molecule has 2 N–H and O–H groups in total. The van der Waals surface area contributed by atoms with E-state index in [-0.39, 0.29) is 48.7 Å². The summed E-state index contributed by atoms with van der Waals surface area (Å²) in [5, 5.41) is 12.4. The first kappa shape index (κ1) is 35.8. The first-order valence-electron chi connectivity index (χ1n) is 17.5. The zero-order valence-corrected chi connectivity index (χ0v) is 29.2. The molecule has 10 heteroatoms. The number of benzene rings is 1. The Morgan fingerprint density at radius 1 is 0.958 bits per heavy atom. The van der Waals surface area contributed by atoms with Gasteiger partial charge < -0.3 is 29.7 Å². The fourth-order valence-electron chi connectivity index (χ4n) is 8.33. The minimum absolute atomic E-state index is 0.0496. The zero-order chi connectivity index (χ0) is 34.7. The van der Waals surface area contributed by atoms with Gasteiger partial charge in [0.1, 0.15) is 18.2 Å². The highest BCUT2D eigenvalue weighted by molar-refractivity contribution is 6.00. The third kappa shape index (κ3) is 7.39. The molecule has 4 aliphatic heterocycles. The molecule has 1 aromatic rings. The van der Waals surface area contributed by atoms with Gasteiger partial charge in [0.25, 0.3) is 0 Å². The predicted octanol–water partition coefficient (Wildman–Crippen LogP) is 4.48. The van der Waals surface area contributed by atoms with Gasteiger partial charge in [-0.1, -0.05) is 88.2 Å². The Kier molecular flexibility index (Phi) is 10.8. The summed E-state index contributed by atoms with van der Waals surface area (Å²) in [5.41, 5.74) is -1.19. The maximum Gasteiger partial charge on any atom is 0.306 e. The molecule has 2 fully saturated rings. The molecule has 0 unspecified atom stereocenters. The quantitative estimate of drug-likeness (QED) is 0.227. The highest BCUT2D eigenvalue weighted by atomic mass is 16.5. The standard InChI is InChI=1S/C38H53N3O7/c1-36(2,3)25-37(4,5)41-22-14-9-12-18-29(43)47-24-27(26-16-10-8-11-17-26)39-33(44)30-28-19-20-38(48-28)31(30)34(45)40(32(38)35(41)46)21-13-6-7-15-23-42/h8-11,14,16-17,19-20,27-28,30-32,42H,6-7,12-13,15,18,21-25H2,1-5H3,(H,39,44)/b14-9-/t27-,28-,30+,31+,32-,38+/m1/s1. The molecule has 48 heavy (non-hydrogen) atoms. The van der Waals surface area contributed by atoms with Gasteiger partial charge in [-0.25, -0.2) is 0 Å². The Bertz CT molecular complexity index is 1400. The highest BCUT2D eigenvalue weighted by Crippen LogP contribution is 2.56. The number of carbonyl (C=O) groups excluding carboxylic acids is 4. The lowest BCUT2D eigenvalue weighted by Crippen LogP contribution is -2.60. The third-order valence-corrected chi connectivity index (χ3v) is 10.1. The monoisotopic (exact) mass is 663 g/mol. The number of esters is 1. The van der Waals surface area contributed by atoms with Crippen molar-refractivity contribution < 1.29 is 33.8 Å². The van der Waals surface area contributed by atoms with E-state index < -0.39 is 41.2 Å². The number of ether oxygens (including phenoxy) is 2. The van der Waals surface area contributed by atoms with Crippen LogP contribution in [0.4, 0.5) is 0 Å². The molecule has 1 spiro atoms. The molecule has 0 saturated carbocycles. The summed E-state index contributed by atoms with van der Waals surface area (Å²) in [6.45, 7) is 11.2. The fourth-order valence-corrected chi connectivity index (χ4v) is 8.33. The van der Waals surface area contributed by atoms with E-state index in [2.05, 4.69) is 39.9 Å². The molecule has 1 aromatic carbocycles. The van der Waals surface area contributed by atoms with Crippen molar-refractivity contribution in [3.05, 3.63) is 60.2 Å². The lowest BCUT2D eigenvalue weighted by atomic mass is 9.73. The number of fused-ring (bicyclic) bond motifs is 2. The van der Waals surface area contributed by atoms with Crippen LogP contribution < -0.4 is 5.32 Å². The molecule has 0 aromatic heterocycles. The van der Waals surface area contributed by atoms with Gasteiger partial charge in [-0.15, -0.1) is 0 Å². The molecule has 0 radical (unpaired) electrons. The van der Waals surface area contributed by atoms with Crippen LogP contribution >= 0.6 is 0 Å². The van der Waals surface area contributed by atoms with Crippen LogP contribution in [0.1, 0.15) is 91.2 Å². The molecule has 2 saturated heterocycles. The lowest BCUT2D eigenvalue weighted by Gasteiger charge is -2.45. The van der Waals surface area contributed by atoms with Crippen molar-refractivity contribution >= 4 is 23.7 Å². The van der Waals surface area contributed by atoms with Crippen LogP contribution in [-0.4, -0.2) is 88.2 Å². The van der Waals surface area contributed by atoms with Gasteiger partial charge in [0.15, 0.2) is 0 Å². The number of nitrogens with one attached hydrogen (secondary N) is 1. The van der Waals surface area contributed by atoms with Gasteiger partial charge in [0, 0.05) is 31.7 Å². The van der Waals surface area contributed by atoms with Gasteiger partial charge >= 0.3 is 5.97 Å². The van der Waals surface area contributed by atoms with E-state index in [0.717, 1.165) is 18.4 Å². The lowest BCUT2D eigenvalue weighted by molar-refractivity contribution is -0.152. The summed E-state index contributed by atoms with van der Waals surface area (Å²) >= 11 is 0. The van der Waals surface area contributed by atoms with E-state index >= 15 is 4.79 Å². The number of rotatable bonds is 9. The maximum atomic E-state index is 15.1. The molecule has 262 valence electrons. The van der Waals surface area contributed by atoms with Crippen LogP contribution in [-0.2, 0) is 28.7 Å². The van der Waals surface area contributed by atoms with Crippen molar-refractivity contribution in [3.63, 3.8) is 0 Å². The topological polar surface area (TPSA) is 125 Å². The number of cyclic esters (lactones) is 1. The number of carbonyl (C=O) groups is 4. The molecule has 0 aliphatic carbocycles. The summed E-state index contributed by atoms with van der Waals surface area (Å²) in [5.74, 6) is -2.95. The van der Waals surface area contributed by atoms with Gasteiger partial charge in [0.05, 0.1) is 24.0 Å². The number of aliphatic hydroxyl groups excluding tert-OH is 1. The molecule has 10 nitrogen and oxygen atoms in total. The van der Waals surface area contributed by atoms with Crippen molar-refractivity contribution in [2.24, 2.45) is 17.3 Å². The number of likely N-dealkylation sites (tertiary alicyclic amines) is 1. The van der Waals surface area contributed by atoms with E-state index in [1.165, 1.54) is 0 Å². The third-order valence-electron chi connectivity index (χ3n) is 10.1. The summed E-state index contributed by atoms with van der Waals surface area (Å²) in [6.07, 6.45) is 11.1. The fraction of sp³-hybridized carbons (Fsp3) is 0.632. The normalized spacial score (nSPS) is 30.4. The zero-order valence-electron chi connectivity index (χ0n) is 29.2. The van der Waals surface area contributed by atoms with E-state index in [0.29, 0.717) is 38.8 Å². The highest BCUT2D eigenvalue weighted by Gasteiger charge is 2.73. The average molecular weight is 664 g/mol. The smallest absolute Gasteiger partial charge is 0.306 e. The maximum absolute atomic E-state index is 15.1. The van der Waals surface area contributed by atoms with Crippen LogP contribution in [0.3, 0.4) is 0 Å². The Morgan fingerprint density at radius 3 is 2.40 bits per heavy atom. The molecule has 5 rings (SSSR count). The van der Waals surface area contributed by atoms with Crippen molar-refractivity contribution in [2.75, 3.05) is 26.3 Å². The van der Waals surface area contributed by atoms with Gasteiger partial charge in [0.2, 0.25) is 17.7 Å². The molecule has 6 atom stereocenters.